The van der Waals surface area contributed by atoms with Crippen molar-refractivity contribution in [3.05, 3.63) is 0 Å². The average Bonchev–Trinajstić information content (AvgIpc) is 3.60. The lowest BCUT2D eigenvalue weighted by Gasteiger charge is -2.26. The molecule has 4 rings (SSSR count). The van der Waals surface area contributed by atoms with Gasteiger partial charge >= 0.3 is 5.97 Å². The van der Waals surface area contributed by atoms with Crippen LogP contribution in [0.5, 0.6) is 0 Å². The molecule has 8 atom stereocenters. The highest BCUT2D eigenvalue weighted by molar-refractivity contribution is 5.70. The van der Waals surface area contributed by atoms with E-state index in [9.17, 15) is 9.90 Å². The van der Waals surface area contributed by atoms with E-state index in [0.29, 0.717) is 42.2 Å². The van der Waals surface area contributed by atoms with Crippen LogP contribution in [0, 0.1) is 23.7 Å². The molecule has 2 aliphatic carbocycles. The fraction of sp³-hybridized carbons (Fsp3) is 0.960. The molecule has 0 aromatic rings. The van der Waals surface area contributed by atoms with Crippen LogP contribution in [0.1, 0.15) is 103 Å². The zero-order chi connectivity index (χ0) is 20.2. The van der Waals surface area contributed by atoms with Gasteiger partial charge in [0, 0.05) is 0 Å². The van der Waals surface area contributed by atoms with Gasteiger partial charge in [-0.05, 0) is 49.9 Å². The number of rotatable bonds is 16. The number of carboxylic acid groups (broad SMARTS) is 1. The van der Waals surface area contributed by atoms with Crippen molar-refractivity contribution >= 4 is 5.97 Å². The maximum absolute atomic E-state index is 11.8. The molecule has 0 spiro atoms. The van der Waals surface area contributed by atoms with Gasteiger partial charge in [-0.25, -0.2) is 0 Å². The first-order valence-corrected chi connectivity index (χ1v) is 12.7. The third kappa shape index (κ3) is 5.55. The van der Waals surface area contributed by atoms with Crippen molar-refractivity contribution in [3.8, 4) is 0 Å². The fourth-order valence-corrected chi connectivity index (χ4v) is 6.51. The van der Waals surface area contributed by atoms with E-state index in [4.69, 9.17) is 9.47 Å². The Labute approximate surface area is 177 Å². The van der Waals surface area contributed by atoms with Crippen LogP contribution in [-0.4, -0.2) is 35.5 Å². The highest BCUT2D eigenvalue weighted by Crippen LogP contribution is 2.60. The highest BCUT2D eigenvalue weighted by atomic mass is 16.6. The third-order valence-electron chi connectivity index (χ3n) is 8.27. The molecular weight excluding hydrogens is 364 g/mol. The number of hydrogen-bond donors (Lipinski definition) is 1. The molecule has 4 aliphatic rings. The number of carboxylic acids is 1. The summed E-state index contributed by atoms with van der Waals surface area (Å²) >= 11 is 0. The summed E-state index contributed by atoms with van der Waals surface area (Å²) in [6, 6.07) is 0. The highest BCUT2D eigenvalue weighted by Gasteiger charge is 2.64. The molecule has 0 radical (unpaired) electrons. The summed E-state index contributed by atoms with van der Waals surface area (Å²) in [5.74, 6) is 0.887. The summed E-state index contributed by atoms with van der Waals surface area (Å²) in [4.78, 5) is 11.8. The molecule has 2 bridgehead atoms. The minimum absolute atomic E-state index is 0.136. The monoisotopic (exact) mass is 406 g/mol. The first-order chi connectivity index (χ1) is 14.2. The Morgan fingerprint density at radius 1 is 0.862 bits per heavy atom. The fourth-order valence-electron chi connectivity index (χ4n) is 6.51. The molecule has 0 aromatic heterocycles. The van der Waals surface area contributed by atoms with Gasteiger partial charge in [0.2, 0.25) is 0 Å². The van der Waals surface area contributed by atoms with Crippen molar-refractivity contribution in [2.45, 2.75) is 128 Å². The minimum Gasteiger partial charge on any atom is -0.481 e. The largest absolute Gasteiger partial charge is 0.481 e. The van der Waals surface area contributed by atoms with Crippen molar-refractivity contribution in [3.63, 3.8) is 0 Å². The zero-order valence-corrected chi connectivity index (χ0v) is 18.4. The molecule has 4 nitrogen and oxygen atoms in total. The lowest BCUT2D eigenvalue weighted by atomic mass is 9.77. The smallest absolute Gasteiger partial charge is 0.306 e. The molecule has 0 aromatic carbocycles. The molecule has 4 fully saturated rings. The van der Waals surface area contributed by atoms with Gasteiger partial charge in [-0.1, -0.05) is 71.1 Å². The molecule has 4 heteroatoms. The standard InChI is InChI=1S/C25H42O4/c1-2-3-4-5-6-10-13-21-22(28-21)14-11-8-7-9-12-18(25(26)27)19-15-17-16-20(19)24-23(17)29-24/h17-24H,2-16H2,1H3,(H,26,27). The Bertz CT molecular complexity index is 535. The summed E-state index contributed by atoms with van der Waals surface area (Å²) in [6.45, 7) is 2.27. The molecule has 8 unspecified atom stereocenters. The molecule has 2 saturated carbocycles. The van der Waals surface area contributed by atoms with Crippen LogP contribution in [0.3, 0.4) is 0 Å². The van der Waals surface area contributed by atoms with Gasteiger partial charge in [-0.3, -0.25) is 4.79 Å². The normalized spacial score (nSPS) is 37.5. The topological polar surface area (TPSA) is 62.4 Å². The lowest BCUT2D eigenvalue weighted by molar-refractivity contribution is -0.144. The maximum atomic E-state index is 11.8. The first kappa shape index (κ1) is 21.6. The number of epoxide rings is 2. The van der Waals surface area contributed by atoms with Gasteiger partial charge in [0.15, 0.2) is 0 Å². The molecule has 0 amide bonds. The predicted molar refractivity (Wildman–Crippen MR) is 114 cm³/mol. The number of carbonyl (C=O) groups is 1. The van der Waals surface area contributed by atoms with Crippen LogP contribution in [0.25, 0.3) is 0 Å². The molecule has 1 N–H and O–H groups in total. The van der Waals surface area contributed by atoms with E-state index in [1.807, 2.05) is 0 Å². The van der Waals surface area contributed by atoms with Crippen LogP contribution in [0.15, 0.2) is 0 Å². The number of hydrogen-bond acceptors (Lipinski definition) is 3. The van der Waals surface area contributed by atoms with E-state index in [2.05, 4.69) is 6.92 Å². The molecule has 29 heavy (non-hydrogen) atoms. The Kier molecular flexibility index (Phi) is 7.55. The third-order valence-corrected chi connectivity index (χ3v) is 8.27. The summed E-state index contributed by atoms with van der Waals surface area (Å²) in [5, 5.41) is 9.75. The minimum atomic E-state index is -0.566. The van der Waals surface area contributed by atoms with Crippen LogP contribution < -0.4 is 0 Å². The van der Waals surface area contributed by atoms with E-state index in [-0.39, 0.29) is 5.92 Å². The summed E-state index contributed by atoms with van der Waals surface area (Å²) in [6.07, 6.45) is 20.5. The van der Waals surface area contributed by atoms with E-state index >= 15 is 0 Å². The lowest BCUT2D eigenvalue weighted by Crippen LogP contribution is -2.30. The van der Waals surface area contributed by atoms with Crippen molar-refractivity contribution in [2.75, 3.05) is 0 Å². The molecule has 2 saturated heterocycles. The molecule has 2 aliphatic heterocycles. The molecule has 2 heterocycles. The van der Waals surface area contributed by atoms with Gasteiger partial charge < -0.3 is 14.6 Å². The van der Waals surface area contributed by atoms with Crippen LogP contribution in [-0.2, 0) is 14.3 Å². The van der Waals surface area contributed by atoms with Gasteiger partial charge in [0.1, 0.15) is 0 Å². The Hall–Kier alpha value is -0.610. The van der Waals surface area contributed by atoms with E-state index < -0.39 is 5.97 Å². The Morgan fingerprint density at radius 3 is 2.14 bits per heavy atom. The quantitative estimate of drug-likeness (QED) is 0.253. The van der Waals surface area contributed by atoms with Crippen molar-refractivity contribution < 1.29 is 19.4 Å². The van der Waals surface area contributed by atoms with Gasteiger partial charge in [0.05, 0.1) is 30.3 Å². The Morgan fingerprint density at radius 2 is 1.52 bits per heavy atom. The predicted octanol–water partition coefficient (Wildman–Crippen LogP) is 5.97. The summed E-state index contributed by atoms with van der Waals surface area (Å²) in [7, 11) is 0. The number of fused-ring (bicyclic) bond motifs is 5. The summed E-state index contributed by atoms with van der Waals surface area (Å²) < 4.78 is 11.6. The second-order valence-corrected chi connectivity index (χ2v) is 10.3. The zero-order valence-electron chi connectivity index (χ0n) is 18.4. The van der Waals surface area contributed by atoms with Crippen LogP contribution in [0.4, 0.5) is 0 Å². The SMILES string of the molecule is CCCCCCCCC1OC1CCCCCCC(C(=O)O)C1CC2CC1C1OC21. The van der Waals surface area contributed by atoms with Crippen LogP contribution >= 0.6 is 0 Å². The molecule has 166 valence electrons. The van der Waals surface area contributed by atoms with Crippen LogP contribution in [0.2, 0.25) is 0 Å². The second kappa shape index (κ2) is 10.1. The summed E-state index contributed by atoms with van der Waals surface area (Å²) in [5.41, 5.74) is 0. The number of ether oxygens (including phenoxy) is 2. The van der Waals surface area contributed by atoms with Crippen molar-refractivity contribution in [1.82, 2.24) is 0 Å². The van der Waals surface area contributed by atoms with Crippen molar-refractivity contribution in [2.24, 2.45) is 23.7 Å². The van der Waals surface area contributed by atoms with Gasteiger partial charge in [-0.15, -0.1) is 0 Å². The van der Waals surface area contributed by atoms with E-state index in [0.717, 1.165) is 19.3 Å². The maximum Gasteiger partial charge on any atom is 0.306 e. The van der Waals surface area contributed by atoms with Crippen molar-refractivity contribution in [1.29, 1.82) is 0 Å². The van der Waals surface area contributed by atoms with Gasteiger partial charge in [-0.2, -0.15) is 0 Å². The Balaban J connectivity index is 1.01. The molecular formula is C25H42O4. The van der Waals surface area contributed by atoms with Gasteiger partial charge in [0.25, 0.3) is 0 Å². The number of unbranched alkanes of at least 4 members (excludes halogenated alkanes) is 8. The first-order valence-electron chi connectivity index (χ1n) is 12.7. The second-order valence-electron chi connectivity index (χ2n) is 10.3. The number of aliphatic carboxylic acids is 1. The van der Waals surface area contributed by atoms with E-state index in [1.54, 1.807) is 0 Å². The van der Waals surface area contributed by atoms with E-state index in [1.165, 1.54) is 77.0 Å². The average molecular weight is 407 g/mol.